The lowest BCUT2D eigenvalue weighted by molar-refractivity contribution is -0.184. The molecule has 2 saturated heterocycles. The SMILES string of the molecule is O=C(c1cccnc1N1CCOCC1)N1CCCC(C(F)(F)F)C1. The van der Waals surface area contributed by atoms with E-state index in [1.54, 1.807) is 18.3 Å². The van der Waals surface area contributed by atoms with Crippen molar-refractivity contribution in [1.82, 2.24) is 9.88 Å². The summed E-state index contributed by atoms with van der Waals surface area (Å²) in [6, 6.07) is 3.28. The predicted molar refractivity (Wildman–Crippen MR) is 82.0 cm³/mol. The van der Waals surface area contributed by atoms with Crippen LogP contribution in [0.15, 0.2) is 18.3 Å². The monoisotopic (exact) mass is 343 g/mol. The van der Waals surface area contributed by atoms with Gasteiger partial charge in [0.25, 0.3) is 5.91 Å². The molecule has 2 fully saturated rings. The number of pyridine rings is 1. The molecule has 3 rings (SSSR count). The summed E-state index contributed by atoms with van der Waals surface area (Å²) in [5, 5.41) is 0. The quantitative estimate of drug-likeness (QED) is 0.827. The van der Waals surface area contributed by atoms with Crippen LogP contribution in [-0.2, 0) is 4.74 Å². The molecular weight excluding hydrogens is 323 g/mol. The Labute approximate surface area is 138 Å². The van der Waals surface area contributed by atoms with Crippen LogP contribution in [0.3, 0.4) is 0 Å². The fraction of sp³-hybridized carbons (Fsp3) is 0.625. The van der Waals surface area contributed by atoms with E-state index < -0.39 is 12.1 Å². The van der Waals surface area contributed by atoms with Crippen LogP contribution in [0.2, 0.25) is 0 Å². The first-order chi connectivity index (χ1) is 11.5. The zero-order valence-corrected chi connectivity index (χ0v) is 13.3. The second-order valence-electron chi connectivity index (χ2n) is 6.11. The predicted octanol–water partition coefficient (Wildman–Crippen LogP) is 2.33. The summed E-state index contributed by atoms with van der Waals surface area (Å²) in [5.74, 6) is -1.29. The molecule has 0 N–H and O–H groups in total. The van der Waals surface area contributed by atoms with Gasteiger partial charge in [0.15, 0.2) is 0 Å². The Morgan fingerprint density at radius 2 is 2.00 bits per heavy atom. The molecule has 0 radical (unpaired) electrons. The van der Waals surface area contributed by atoms with E-state index in [1.165, 1.54) is 4.90 Å². The standard InChI is InChI=1S/C16H20F3N3O2/c17-16(18,19)12-3-2-6-22(11-12)15(23)13-4-1-5-20-14(13)21-7-9-24-10-8-21/h1,4-5,12H,2-3,6-11H2. The minimum Gasteiger partial charge on any atom is -0.378 e. The first-order valence-corrected chi connectivity index (χ1v) is 8.10. The van der Waals surface area contributed by atoms with Gasteiger partial charge in [-0.05, 0) is 25.0 Å². The maximum atomic E-state index is 13.0. The fourth-order valence-electron chi connectivity index (χ4n) is 3.19. The minimum absolute atomic E-state index is 0.0800. The summed E-state index contributed by atoms with van der Waals surface area (Å²) in [6.45, 7) is 2.39. The number of piperidine rings is 1. The van der Waals surface area contributed by atoms with Crippen molar-refractivity contribution in [3.8, 4) is 0 Å². The highest BCUT2D eigenvalue weighted by Crippen LogP contribution is 2.34. The lowest BCUT2D eigenvalue weighted by Gasteiger charge is -2.35. The molecule has 1 unspecified atom stereocenters. The van der Waals surface area contributed by atoms with Crippen LogP contribution < -0.4 is 4.90 Å². The molecule has 24 heavy (non-hydrogen) atoms. The molecule has 1 aromatic heterocycles. The zero-order chi connectivity index (χ0) is 17.2. The van der Waals surface area contributed by atoms with Gasteiger partial charge in [-0.15, -0.1) is 0 Å². The number of hydrogen-bond donors (Lipinski definition) is 0. The number of alkyl halides is 3. The van der Waals surface area contributed by atoms with E-state index in [4.69, 9.17) is 4.74 Å². The van der Waals surface area contributed by atoms with Crippen LogP contribution in [0.5, 0.6) is 0 Å². The van der Waals surface area contributed by atoms with Gasteiger partial charge < -0.3 is 14.5 Å². The maximum Gasteiger partial charge on any atom is 0.393 e. The van der Waals surface area contributed by atoms with E-state index in [0.29, 0.717) is 50.7 Å². The number of likely N-dealkylation sites (tertiary alicyclic amines) is 1. The second-order valence-corrected chi connectivity index (χ2v) is 6.11. The van der Waals surface area contributed by atoms with Crippen molar-refractivity contribution in [2.75, 3.05) is 44.3 Å². The molecule has 0 spiro atoms. The number of anilines is 1. The van der Waals surface area contributed by atoms with Crippen LogP contribution in [0, 0.1) is 5.92 Å². The number of carbonyl (C=O) groups is 1. The van der Waals surface area contributed by atoms with E-state index in [1.807, 2.05) is 4.90 Å². The minimum atomic E-state index is -4.26. The van der Waals surface area contributed by atoms with Gasteiger partial charge in [-0.2, -0.15) is 13.2 Å². The fourth-order valence-corrected chi connectivity index (χ4v) is 3.19. The highest BCUT2D eigenvalue weighted by atomic mass is 19.4. The van der Waals surface area contributed by atoms with Gasteiger partial charge in [0.2, 0.25) is 0 Å². The Hall–Kier alpha value is -1.83. The van der Waals surface area contributed by atoms with Gasteiger partial charge in [-0.3, -0.25) is 4.79 Å². The Balaban J connectivity index is 1.79. The molecule has 3 heterocycles. The van der Waals surface area contributed by atoms with Crippen molar-refractivity contribution in [3.63, 3.8) is 0 Å². The Morgan fingerprint density at radius 1 is 1.25 bits per heavy atom. The van der Waals surface area contributed by atoms with Crippen molar-refractivity contribution >= 4 is 11.7 Å². The third-order valence-corrected chi connectivity index (χ3v) is 4.50. The van der Waals surface area contributed by atoms with Crippen LogP contribution in [-0.4, -0.2) is 61.4 Å². The van der Waals surface area contributed by atoms with Gasteiger partial charge in [0.05, 0.1) is 24.7 Å². The van der Waals surface area contributed by atoms with Gasteiger partial charge in [-0.25, -0.2) is 4.98 Å². The number of morpholine rings is 1. The average Bonchev–Trinajstić information content (AvgIpc) is 2.61. The summed E-state index contributed by atoms with van der Waals surface area (Å²) in [6.07, 6.45) is -2.23. The molecule has 8 heteroatoms. The van der Waals surface area contributed by atoms with E-state index in [2.05, 4.69) is 4.98 Å². The molecule has 1 amide bonds. The molecule has 0 saturated carbocycles. The van der Waals surface area contributed by atoms with Crippen LogP contribution in [0.1, 0.15) is 23.2 Å². The number of aromatic nitrogens is 1. The molecule has 2 aliphatic heterocycles. The van der Waals surface area contributed by atoms with Crippen molar-refractivity contribution in [1.29, 1.82) is 0 Å². The zero-order valence-electron chi connectivity index (χ0n) is 13.3. The number of carbonyl (C=O) groups excluding carboxylic acids is 1. The number of hydrogen-bond acceptors (Lipinski definition) is 4. The Kier molecular flexibility index (Phi) is 4.93. The van der Waals surface area contributed by atoms with Crippen LogP contribution in [0.4, 0.5) is 19.0 Å². The maximum absolute atomic E-state index is 13.0. The van der Waals surface area contributed by atoms with E-state index in [-0.39, 0.29) is 18.9 Å². The number of rotatable bonds is 2. The molecule has 0 aromatic carbocycles. The topological polar surface area (TPSA) is 45.7 Å². The van der Waals surface area contributed by atoms with Crippen LogP contribution in [0.25, 0.3) is 0 Å². The first kappa shape index (κ1) is 17.0. The van der Waals surface area contributed by atoms with Gasteiger partial charge >= 0.3 is 6.18 Å². The van der Waals surface area contributed by atoms with Crippen molar-refractivity contribution < 1.29 is 22.7 Å². The molecular formula is C16H20F3N3O2. The lowest BCUT2D eigenvalue weighted by atomic mass is 9.97. The number of ether oxygens (including phenoxy) is 1. The summed E-state index contributed by atoms with van der Waals surface area (Å²) < 4.78 is 44.2. The number of halogens is 3. The number of nitrogens with zero attached hydrogens (tertiary/aromatic N) is 3. The van der Waals surface area contributed by atoms with Crippen molar-refractivity contribution in [2.24, 2.45) is 5.92 Å². The smallest absolute Gasteiger partial charge is 0.378 e. The van der Waals surface area contributed by atoms with Crippen molar-refractivity contribution in [3.05, 3.63) is 23.9 Å². The largest absolute Gasteiger partial charge is 0.393 e. The second kappa shape index (κ2) is 6.96. The third-order valence-electron chi connectivity index (χ3n) is 4.50. The average molecular weight is 343 g/mol. The molecule has 0 bridgehead atoms. The summed E-state index contributed by atoms with van der Waals surface area (Å²) in [7, 11) is 0. The molecule has 5 nitrogen and oxygen atoms in total. The summed E-state index contributed by atoms with van der Waals surface area (Å²) >= 11 is 0. The van der Waals surface area contributed by atoms with E-state index in [0.717, 1.165) is 0 Å². The lowest BCUT2D eigenvalue weighted by Crippen LogP contribution is -2.45. The molecule has 132 valence electrons. The van der Waals surface area contributed by atoms with Crippen LogP contribution >= 0.6 is 0 Å². The molecule has 2 aliphatic rings. The molecule has 0 aliphatic carbocycles. The van der Waals surface area contributed by atoms with E-state index >= 15 is 0 Å². The highest BCUT2D eigenvalue weighted by molar-refractivity contribution is 5.99. The van der Waals surface area contributed by atoms with E-state index in [9.17, 15) is 18.0 Å². The summed E-state index contributed by atoms with van der Waals surface area (Å²) in [4.78, 5) is 20.3. The van der Waals surface area contributed by atoms with Gasteiger partial charge in [0, 0.05) is 32.4 Å². The Bertz CT molecular complexity index is 588. The third kappa shape index (κ3) is 3.63. The van der Waals surface area contributed by atoms with Gasteiger partial charge in [0.1, 0.15) is 5.82 Å². The molecule has 1 aromatic rings. The van der Waals surface area contributed by atoms with Gasteiger partial charge in [-0.1, -0.05) is 0 Å². The first-order valence-electron chi connectivity index (χ1n) is 8.10. The molecule has 1 atom stereocenters. The number of amides is 1. The highest BCUT2D eigenvalue weighted by Gasteiger charge is 2.43. The normalized spacial score (nSPS) is 22.5. The Morgan fingerprint density at radius 3 is 2.71 bits per heavy atom. The van der Waals surface area contributed by atoms with Crippen molar-refractivity contribution in [2.45, 2.75) is 19.0 Å². The summed E-state index contributed by atoms with van der Waals surface area (Å²) in [5.41, 5.74) is 0.363.